The molecule has 76 valence electrons. The van der Waals surface area contributed by atoms with Crippen molar-refractivity contribution in [1.82, 2.24) is 0 Å². The summed E-state index contributed by atoms with van der Waals surface area (Å²) in [6.45, 7) is 0. The van der Waals surface area contributed by atoms with Crippen LogP contribution in [0.2, 0.25) is 5.02 Å². The van der Waals surface area contributed by atoms with Crippen LogP contribution in [0.5, 0.6) is 0 Å². The second-order valence-electron chi connectivity index (χ2n) is 2.63. The zero-order chi connectivity index (χ0) is 9.84. The Morgan fingerprint density at radius 1 is 1.57 bits per heavy atom. The summed E-state index contributed by atoms with van der Waals surface area (Å²) in [5.41, 5.74) is 5.88. The largest absolute Gasteiger partial charge is 0.323 e. The van der Waals surface area contributed by atoms with E-state index in [1.807, 2.05) is 6.07 Å². The number of hydrogen-bond acceptors (Lipinski definition) is 2. The van der Waals surface area contributed by atoms with E-state index in [0.717, 1.165) is 0 Å². The van der Waals surface area contributed by atoms with E-state index < -0.39 is 11.9 Å². The van der Waals surface area contributed by atoms with Gasteiger partial charge in [-0.3, -0.25) is 0 Å². The minimum absolute atomic E-state index is 0. The molecule has 0 fully saturated rings. The molecule has 0 amide bonds. The highest BCUT2D eigenvalue weighted by atomic mass is 35.5. The van der Waals surface area contributed by atoms with E-state index in [-0.39, 0.29) is 18.8 Å². The summed E-state index contributed by atoms with van der Waals surface area (Å²) in [6.07, 6.45) is 0.0958. The Kier molecular flexibility index (Phi) is 5.47. The van der Waals surface area contributed by atoms with Crippen molar-refractivity contribution in [2.75, 3.05) is 0 Å². The Balaban J connectivity index is 0.00000169. The molecule has 0 radical (unpaired) electrons. The van der Waals surface area contributed by atoms with E-state index in [4.69, 9.17) is 22.6 Å². The average Bonchev–Trinajstić information content (AvgIpc) is 2.04. The molecular formula is C9H9Cl2FN2. The molecule has 0 aliphatic heterocycles. The summed E-state index contributed by atoms with van der Waals surface area (Å²) in [5.74, 6) is -0.463. The fourth-order valence-corrected chi connectivity index (χ4v) is 1.17. The molecule has 1 aromatic rings. The van der Waals surface area contributed by atoms with Gasteiger partial charge in [0.15, 0.2) is 0 Å². The lowest BCUT2D eigenvalue weighted by molar-refractivity contribution is 0.585. The van der Waals surface area contributed by atoms with Crippen molar-refractivity contribution in [3.63, 3.8) is 0 Å². The topological polar surface area (TPSA) is 49.8 Å². The number of nitrogens with two attached hydrogens (primary N) is 1. The van der Waals surface area contributed by atoms with Crippen LogP contribution in [0.3, 0.4) is 0 Å². The van der Waals surface area contributed by atoms with E-state index in [0.29, 0.717) is 10.6 Å². The van der Waals surface area contributed by atoms with Crippen molar-refractivity contribution in [3.05, 3.63) is 34.6 Å². The van der Waals surface area contributed by atoms with Crippen molar-refractivity contribution in [3.8, 4) is 6.07 Å². The smallest absolute Gasteiger partial charge is 0.129 e. The average molecular weight is 235 g/mol. The molecule has 1 rings (SSSR count). The highest BCUT2D eigenvalue weighted by Crippen LogP contribution is 2.20. The molecule has 0 aliphatic rings. The molecule has 5 heteroatoms. The quantitative estimate of drug-likeness (QED) is 0.856. The Morgan fingerprint density at radius 3 is 2.71 bits per heavy atom. The minimum atomic E-state index is -0.581. The predicted molar refractivity (Wildman–Crippen MR) is 55.8 cm³/mol. The van der Waals surface area contributed by atoms with E-state index in [2.05, 4.69) is 0 Å². The number of nitrogens with zero attached hydrogens (tertiary/aromatic N) is 1. The first-order valence-corrected chi connectivity index (χ1v) is 4.10. The van der Waals surface area contributed by atoms with Gasteiger partial charge >= 0.3 is 0 Å². The first-order valence-electron chi connectivity index (χ1n) is 3.72. The molecule has 0 bridgehead atoms. The fraction of sp³-hybridized carbons (Fsp3) is 0.222. The maximum absolute atomic E-state index is 13.2. The lowest BCUT2D eigenvalue weighted by atomic mass is 10.1. The van der Waals surface area contributed by atoms with Crippen LogP contribution in [0.4, 0.5) is 4.39 Å². The van der Waals surface area contributed by atoms with Gasteiger partial charge in [0, 0.05) is 16.6 Å². The summed E-state index contributed by atoms with van der Waals surface area (Å²) < 4.78 is 13.2. The fourth-order valence-electron chi connectivity index (χ4n) is 1.01. The van der Waals surface area contributed by atoms with Gasteiger partial charge in [-0.1, -0.05) is 17.7 Å². The molecule has 0 unspecified atom stereocenters. The second kappa shape index (κ2) is 5.82. The van der Waals surface area contributed by atoms with Crippen molar-refractivity contribution in [2.24, 2.45) is 5.73 Å². The van der Waals surface area contributed by atoms with Crippen LogP contribution >= 0.6 is 24.0 Å². The SMILES string of the molecule is Cl.N#CC[C@H](N)c1ccc(Cl)cc1F. The van der Waals surface area contributed by atoms with Crippen molar-refractivity contribution in [1.29, 1.82) is 5.26 Å². The molecule has 1 atom stereocenters. The minimum Gasteiger partial charge on any atom is -0.323 e. The van der Waals surface area contributed by atoms with Crippen molar-refractivity contribution < 1.29 is 4.39 Å². The highest BCUT2D eigenvalue weighted by Gasteiger charge is 2.10. The highest BCUT2D eigenvalue weighted by molar-refractivity contribution is 6.30. The number of rotatable bonds is 2. The Labute approximate surface area is 92.9 Å². The first kappa shape index (κ1) is 13.2. The van der Waals surface area contributed by atoms with Crippen LogP contribution in [0.15, 0.2) is 18.2 Å². The van der Waals surface area contributed by atoms with Crippen molar-refractivity contribution in [2.45, 2.75) is 12.5 Å². The summed E-state index contributed by atoms with van der Waals surface area (Å²) in [4.78, 5) is 0. The number of nitriles is 1. The van der Waals surface area contributed by atoms with Crippen LogP contribution in [0, 0.1) is 17.1 Å². The summed E-state index contributed by atoms with van der Waals surface area (Å²) in [5, 5.41) is 8.69. The zero-order valence-electron chi connectivity index (χ0n) is 7.21. The van der Waals surface area contributed by atoms with E-state index in [1.165, 1.54) is 12.1 Å². The lowest BCUT2D eigenvalue weighted by Crippen LogP contribution is -2.11. The molecule has 1 aromatic carbocycles. The molecular weight excluding hydrogens is 226 g/mol. The van der Waals surface area contributed by atoms with Gasteiger partial charge in [0.1, 0.15) is 5.82 Å². The molecule has 0 saturated carbocycles. The number of benzene rings is 1. The maximum Gasteiger partial charge on any atom is 0.129 e. The van der Waals surface area contributed by atoms with E-state index >= 15 is 0 Å². The van der Waals surface area contributed by atoms with Gasteiger partial charge in [0.25, 0.3) is 0 Å². The summed E-state index contributed by atoms with van der Waals surface area (Å²) in [6, 6.07) is 5.54. The first-order chi connectivity index (χ1) is 6.15. The third-order valence-electron chi connectivity index (χ3n) is 1.67. The molecule has 0 aromatic heterocycles. The van der Waals surface area contributed by atoms with Gasteiger partial charge < -0.3 is 5.73 Å². The molecule has 2 N–H and O–H groups in total. The molecule has 0 saturated heterocycles. The summed E-state index contributed by atoms with van der Waals surface area (Å²) in [7, 11) is 0. The van der Waals surface area contributed by atoms with Crippen molar-refractivity contribution >= 4 is 24.0 Å². The predicted octanol–water partition coefficient (Wildman–Crippen LogP) is 2.81. The van der Waals surface area contributed by atoms with E-state index in [9.17, 15) is 4.39 Å². The molecule has 0 aliphatic carbocycles. The lowest BCUT2D eigenvalue weighted by Gasteiger charge is -2.08. The van der Waals surface area contributed by atoms with Crippen LogP contribution in [0.25, 0.3) is 0 Å². The molecule has 0 heterocycles. The summed E-state index contributed by atoms with van der Waals surface area (Å²) >= 11 is 5.55. The normalized spacial score (nSPS) is 11.3. The Hall–Kier alpha value is -0.820. The third kappa shape index (κ3) is 3.15. The Morgan fingerprint density at radius 2 is 2.21 bits per heavy atom. The van der Waals surface area contributed by atoms with E-state index in [1.54, 1.807) is 6.07 Å². The van der Waals surface area contributed by atoms with Gasteiger partial charge in [0.2, 0.25) is 0 Å². The van der Waals surface area contributed by atoms with Crippen LogP contribution in [-0.2, 0) is 0 Å². The van der Waals surface area contributed by atoms with Gasteiger partial charge in [-0.25, -0.2) is 4.39 Å². The van der Waals surface area contributed by atoms with Gasteiger partial charge in [-0.2, -0.15) is 5.26 Å². The molecule has 2 nitrogen and oxygen atoms in total. The Bertz CT molecular complexity index is 349. The number of hydrogen-bond donors (Lipinski definition) is 1. The third-order valence-corrected chi connectivity index (χ3v) is 1.91. The van der Waals surface area contributed by atoms with Crippen LogP contribution < -0.4 is 5.73 Å². The molecule has 0 spiro atoms. The molecule has 14 heavy (non-hydrogen) atoms. The maximum atomic E-state index is 13.2. The van der Waals surface area contributed by atoms with Gasteiger partial charge in [-0.15, -0.1) is 12.4 Å². The number of halogens is 3. The second-order valence-corrected chi connectivity index (χ2v) is 3.07. The standard InChI is InChI=1S/C9H8ClFN2.ClH/c10-6-1-2-7(8(11)5-6)9(13)3-4-12;/h1-2,5,9H,3,13H2;1H/t9-;/m0./s1. The van der Waals surface area contributed by atoms with Crippen LogP contribution in [-0.4, -0.2) is 0 Å². The van der Waals surface area contributed by atoms with Gasteiger partial charge in [-0.05, 0) is 12.1 Å². The van der Waals surface area contributed by atoms with Gasteiger partial charge in [0.05, 0.1) is 12.5 Å². The zero-order valence-corrected chi connectivity index (χ0v) is 8.78. The van der Waals surface area contributed by atoms with Crippen LogP contribution in [0.1, 0.15) is 18.0 Å². The monoisotopic (exact) mass is 234 g/mol.